The zero-order valence-electron chi connectivity index (χ0n) is 20.7. The Morgan fingerprint density at radius 2 is 1.43 bits per heavy atom. The summed E-state index contributed by atoms with van der Waals surface area (Å²) in [4.78, 5) is 35.5. The zero-order valence-corrected chi connectivity index (χ0v) is 20.7. The van der Waals surface area contributed by atoms with Crippen molar-refractivity contribution in [2.75, 3.05) is 26.2 Å². The van der Waals surface area contributed by atoms with Gasteiger partial charge < -0.3 is 9.80 Å². The molecule has 7 nitrogen and oxygen atoms in total. The maximum absolute atomic E-state index is 13.6. The van der Waals surface area contributed by atoms with Gasteiger partial charge in [-0.25, -0.2) is 9.67 Å². The number of carbonyl (C=O) groups excluding carboxylic acids is 2. The molecule has 0 aliphatic carbocycles. The van der Waals surface area contributed by atoms with Gasteiger partial charge in [0.2, 0.25) is 0 Å². The van der Waals surface area contributed by atoms with E-state index in [2.05, 4.69) is 32.8 Å². The zero-order chi connectivity index (χ0) is 24.7. The number of nitrogens with zero attached hydrogens (tertiary/aromatic N) is 5. The van der Waals surface area contributed by atoms with Crippen LogP contribution in [-0.4, -0.2) is 62.6 Å². The van der Waals surface area contributed by atoms with Crippen LogP contribution >= 0.6 is 0 Å². The highest BCUT2D eigenvalue weighted by Crippen LogP contribution is 2.26. The Morgan fingerprint density at radius 1 is 0.800 bits per heavy atom. The fraction of sp³-hybridized carbons (Fsp3) is 0.357. The van der Waals surface area contributed by atoms with Gasteiger partial charge in [-0.1, -0.05) is 50.2 Å². The van der Waals surface area contributed by atoms with Gasteiger partial charge in [-0.2, -0.15) is 5.10 Å². The second kappa shape index (κ2) is 9.13. The Kier molecular flexibility index (Phi) is 6.01. The first-order valence-corrected chi connectivity index (χ1v) is 12.3. The Hall–Kier alpha value is -3.74. The minimum Gasteiger partial charge on any atom is -0.335 e. The van der Waals surface area contributed by atoms with Crippen molar-refractivity contribution < 1.29 is 9.59 Å². The summed E-state index contributed by atoms with van der Waals surface area (Å²) in [5, 5.41) is 7.30. The molecule has 35 heavy (non-hydrogen) atoms. The van der Waals surface area contributed by atoms with Crippen LogP contribution in [0.3, 0.4) is 0 Å². The molecule has 5 rings (SSSR count). The maximum atomic E-state index is 13.6. The Balaban J connectivity index is 1.38. The number of fused-ring (bicyclic) bond motifs is 2. The molecule has 2 aromatic heterocycles. The van der Waals surface area contributed by atoms with E-state index in [0.717, 1.165) is 27.5 Å². The highest BCUT2D eigenvalue weighted by molar-refractivity contribution is 6.08. The number of benzene rings is 2. The fourth-order valence-corrected chi connectivity index (χ4v) is 4.75. The molecular formula is C28H31N5O2. The predicted octanol–water partition coefficient (Wildman–Crippen LogP) is 4.89. The van der Waals surface area contributed by atoms with Gasteiger partial charge in [-0.3, -0.25) is 9.59 Å². The monoisotopic (exact) mass is 469 g/mol. The lowest BCUT2D eigenvalue weighted by atomic mass is 10.0. The van der Waals surface area contributed by atoms with Gasteiger partial charge in [0, 0.05) is 43.5 Å². The number of pyridine rings is 1. The van der Waals surface area contributed by atoms with Crippen molar-refractivity contribution in [3.05, 3.63) is 71.5 Å². The van der Waals surface area contributed by atoms with Crippen LogP contribution in [0.5, 0.6) is 0 Å². The molecule has 2 aromatic carbocycles. The Morgan fingerprint density at radius 3 is 2.09 bits per heavy atom. The minimum atomic E-state index is -0.0279. The molecule has 3 heterocycles. The van der Waals surface area contributed by atoms with E-state index in [1.165, 1.54) is 0 Å². The summed E-state index contributed by atoms with van der Waals surface area (Å²) in [6.07, 6.45) is 1.75. The van der Waals surface area contributed by atoms with Crippen molar-refractivity contribution in [3.63, 3.8) is 0 Å². The molecule has 7 heteroatoms. The van der Waals surface area contributed by atoms with Gasteiger partial charge in [-0.05, 0) is 42.7 Å². The topological polar surface area (TPSA) is 71.3 Å². The first-order valence-electron chi connectivity index (χ1n) is 12.3. The van der Waals surface area contributed by atoms with Crippen LogP contribution in [0.2, 0.25) is 0 Å². The number of hydrogen-bond acceptors (Lipinski definition) is 4. The predicted molar refractivity (Wildman–Crippen MR) is 138 cm³/mol. The Labute approximate surface area is 205 Å². The first kappa shape index (κ1) is 23.0. The molecule has 1 saturated heterocycles. The molecule has 1 fully saturated rings. The first-order chi connectivity index (χ1) is 16.8. The van der Waals surface area contributed by atoms with E-state index in [9.17, 15) is 9.59 Å². The molecule has 1 aliphatic heterocycles. The molecule has 0 spiro atoms. The van der Waals surface area contributed by atoms with E-state index in [1.807, 2.05) is 63.0 Å². The van der Waals surface area contributed by atoms with Crippen molar-refractivity contribution in [2.45, 2.75) is 39.7 Å². The molecule has 0 unspecified atom stereocenters. The third kappa shape index (κ3) is 4.16. The van der Waals surface area contributed by atoms with E-state index in [0.29, 0.717) is 37.3 Å². The number of rotatable bonds is 4. The van der Waals surface area contributed by atoms with Crippen LogP contribution in [0.15, 0.2) is 54.7 Å². The van der Waals surface area contributed by atoms with E-state index >= 15 is 0 Å². The summed E-state index contributed by atoms with van der Waals surface area (Å²) in [6.45, 7) is 10.3. The summed E-state index contributed by atoms with van der Waals surface area (Å²) in [5.74, 6) is 0.178. The molecule has 1 aliphatic rings. The molecular weight excluding hydrogens is 438 g/mol. The number of piperazine rings is 1. The van der Waals surface area contributed by atoms with Gasteiger partial charge in [-0.15, -0.1) is 0 Å². The van der Waals surface area contributed by atoms with Gasteiger partial charge >= 0.3 is 0 Å². The summed E-state index contributed by atoms with van der Waals surface area (Å²) in [5.41, 5.74) is 2.98. The van der Waals surface area contributed by atoms with Crippen molar-refractivity contribution in [1.29, 1.82) is 0 Å². The van der Waals surface area contributed by atoms with E-state index in [-0.39, 0.29) is 23.8 Å². The maximum Gasteiger partial charge on any atom is 0.254 e. The SMILES string of the molecule is CC(C)c1cc(C(=O)N2CCN(C(=O)c3cccc4ccccc34)CC2)c2cnn(C(C)C)c2n1. The lowest BCUT2D eigenvalue weighted by molar-refractivity contribution is 0.0537. The largest absolute Gasteiger partial charge is 0.335 e. The third-order valence-corrected chi connectivity index (χ3v) is 6.77. The van der Waals surface area contributed by atoms with Crippen LogP contribution in [0.25, 0.3) is 21.8 Å². The number of aromatic nitrogens is 3. The van der Waals surface area contributed by atoms with Crippen LogP contribution in [0.4, 0.5) is 0 Å². The summed E-state index contributed by atoms with van der Waals surface area (Å²) in [7, 11) is 0. The number of carbonyl (C=O) groups is 2. The van der Waals surface area contributed by atoms with Crippen LogP contribution in [0, 0.1) is 0 Å². The average Bonchev–Trinajstić information content (AvgIpc) is 3.31. The van der Waals surface area contributed by atoms with Gasteiger partial charge in [0.1, 0.15) is 0 Å². The van der Waals surface area contributed by atoms with E-state index < -0.39 is 0 Å². The smallest absolute Gasteiger partial charge is 0.254 e. The summed E-state index contributed by atoms with van der Waals surface area (Å²) < 4.78 is 1.87. The van der Waals surface area contributed by atoms with Crippen molar-refractivity contribution >= 4 is 33.6 Å². The van der Waals surface area contributed by atoms with Gasteiger partial charge in [0.25, 0.3) is 11.8 Å². The highest BCUT2D eigenvalue weighted by Gasteiger charge is 2.28. The summed E-state index contributed by atoms with van der Waals surface area (Å²) in [6, 6.07) is 15.8. The molecule has 2 amide bonds. The molecule has 0 bridgehead atoms. The van der Waals surface area contributed by atoms with Crippen molar-refractivity contribution in [3.8, 4) is 0 Å². The van der Waals surface area contributed by atoms with Gasteiger partial charge in [0.05, 0.1) is 17.1 Å². The quantitative estimate of drug-likeness (QED) is 0.427. The molecule has 0 saturated carbocycles. The molecule has 0 N–H and O–H groups in total. The average molecular weight is 470 g/mol. The van der Waals surface area contributed by atoms with Crippen molar-refractivity contribution in [2.24, 2.45) is 0 Å². The second-order valence-electron chi connectivity index (χ2n) is 9.78. The molecule has 4 aromatic rings. The minimum absolute atomic E-state index is 0.0144. The van der Waals surface area contributed by atoms with E-state index in [4.69, 9.17) is 4.98 Å². The van der Waals surface area contributed by atoms with Gasteiger partial charge in [0.15, 0.2) is 5.65 Å². The normalized spacial score (nSPS) is 14.5. The lowest BCUT2D eigenvalue weighted by Crippen LogP contribution is -2.50. The molecule has 0 atom stereocenters. The molecule has 180 valence electrons. The second-order valence-corrected chi connectivity index (χ2v) is 9.78. The third-order valence-electron chi connectivity index (χ3n) is 6.77. The van der Waals surface area contributed by atoms with E-state index in [1.54, 1.807) is 6.20 Å². The summed E-state index contributed by atoms with van der Waals surface area (Å²) >= 11 is 0. The van der Waals surface area contributed by atoms with Crippen LogP contribution < -0.4 is 0 Å². The number of amides is 2. The standard InChI is InChI=1S/C28H31N5O2/c1-18(2)25-16-23(24-17-29-33(19(3)4)26(24)30-25)28(35)32-14-12-31(13-15-32)27(34)22-11-7-9-20-8-5-6-10-21(20)22/h5-11,16-19H,12-15H2,1-4H3. The fourth-order valence-electron chi connectivity index (χ4n) is 4.75. The molecule has 0 radical (unpaired) electrons. The number of hydrogen-bond donors (Lipinski definition) is 0. The van der Waals surface area contributed by atoms with Crippen LogP contribution in [0.1, 0.15) is 66.1 Å². The lowest BCUT2D eigenvalue weighted by Gasteiger charge is -2.35. The highest BCUT2D eigenvalue weighted by atomic mass is 16.2. The van der Waals surface area contributed by atoms with Crippen molar-refractivity contribution in [1.82, 2.24) is 24.6 Å². The van der Waals surface area contributed by atoms with Crippen LogP contribution in [-0.2, 0) is 0 Å². The Bertz CT molecular complexity index is 1410.